The summed E-state index contributed by atoms with van der Waals surface area (Å²) in [7, 11) is 0. The van der Waals surface area contributed by atoms with Crippen molar-refractivity contribution in [2.75, 3.05) is 18.0 Å². The number of hydrogen-bond donors (Lipinski definition) is 0. The molecule has 1 rings (SSSR count). The van der Waals surface area contributed by atoms with Gasteiger partial charge in [-0.15, -0.1) is 0 Å². The number of rotatable bonds is 3. The molecule has 0 spiro atoms. The van der Waals surface area contributed by atoms with Crippen molar-refractivity contribution in [2.45, 2.75) is 20.0 Å². The summed E-state index contributed by atoms with van der Waals surface area (Å²) in [6.45, 7) is 2.31. The summed E-state index contributed by atoms with van der Waals surface area (Å²) >= 11 is 0. The first-order chi connectivity index (χ1) is 7.89. The van der Waals surface area contributed by atoms with Gasteiger partial charge >= 0.3 is 6.18 Å². The smallest absolute Gasteiger partial charge is 0.347 e. The fourth-order valence-electron chi connectivity index (χ4n) is 1.47. The van der Waals surface area contributed by atoms with Crippen LogP contribution < -0.4 is 4.90 Å². The van der Waals surface area contributed by atoms with Crippen LogP contribution in [0.3, 0.4) is 0 Å². The molecule has 6 heteroatoms. The molecule has 3 nitrogen and oxygen atoms in total. The second-order valence-electron chi connectivity index (χ2n) is 3.57. The second kappa shape index (κ2) is 5.04. The van der Waals surface area contributed by atoms with Crippen molar-refractivity contribution in [3.63, 3.8) is 0 Å². The Morgan fingerprint density at radius 3 is 2.59 bits per heavy atom. The standard InChI is InChI=1S/C11H12F3N3/c1-3-17(7-11(12,13)14)10-9(6-15)8(2)4-5-16-10/h4-5H,3,7H2,1-2H3. The molecule has 0 fully saturated rings. The monoisotopic (exact) mass is 243 g/mol. The summed E-state index contributed by atoms with van der Waals surface area (Å²) in [5.41, 5.74) is 0.816. The van der Waals surface area contributed by atoms with Crippen LogP contribution in [0, 0.1) is 18.3 Å². The summed E-state index contributed by atoms with van der Waals surface area (Å²) in [5, 5.41) is 8.94. The second-order valence-corrected chi connectivity index (χ2v) is 3.57. The summed E-state index contributed by atoms with van der Waals surface area (Å²) in [6.07, 6.45) is -2.90. The molecule has 0 saturated carbocycles. The minimum Gasteiger partial charge on any atom is -0.347 e. The predicted octanol–water partition coefficient (Wildman–Crippen LogP) is 2.65. The maximum absolute atomic E-state index is 12.4. The quantitative estimate of drug-likeness (QED) is 0.819. The fraction of sp³-hybridized carbons (Fsp3) is 0.455. The molecule has 0 atom stereocenters. The third-order valence-corrected chi connectivity index (χ3v) is 2.30. The predicted molar refractivity (Wildman–Crippen MR) is 57.6 cm³/mol. The molecule has 0 aliphatic carbocycles. The molecule has 0 aliphatic heterocycles. The lowest BCUT2D eigenvalue weighted by Gasteiger charge is -2.24. The Kier molecular flexibility index (Phi) is 3.94. The Hall–Kier alpha value is -1.77. The number of nitriles is 1. The van der Waals surface area contributed by atoms with Crippen LogP contribution in [0.2, 0.25) is 0 Å². The van der Waals surface area contributed by atoms with Gasteiger partial charge in [0.25, 0.3) is 0 Å². The summed E-state index contributed by atoms with van der Waals surface area (Å²) in [5.74, 6) is 0.0901. The van der Waals surface area contributed by atoms with Gasteiger partial charge in [0.1, 0.15) is 18.4 Å². The molecule has 0 radical (unpaired) electrons. The van der Waals surface area contributed by atoms with Gasteiger partial charge in [0, 0.05) is 12.7 Å². The van der Waals surface area contributed by atoms with Crippen molar-refractivity contribution < 1.29 is 13.2 Å². The summed E-state index contributed by atoms with van der Waals surface area (Å²) in [4.78, 5) is 4.92. The summed E-state index contributed by atoms with van der Waals surface area (Å²) < 4.78 is 37.1. The molecule has 0 aliphatic rings. The lowest BCUT2D eigenvalue weighted by molar-refractivity contribution is -0.119. The van der Waals surface area contributed by atoms with Gasteiger partial charge in [0.05, 0.1) is 5.56 Å². The van der Waals surface area contributed by atoms with Crippen LogP contribution in [0.1, 0.15) is 18.1 Å². The molecular formula is C11H12F3N3. The van der Waals surface area contributed by atoms with Gasteiger partial charge in [-0.1, -0.05) is 0 Å². The highest BCUT2D eigenvalue weighted by Gasteiger charge is 2.31. The zero-order chi connectivity index (χ0) is 13.1. The van der Waals surface area contributed by atoms with E-state index in [1.165, 1.54) is 6.20 Å². The first kappa shape index (κ1) is 13.3. The number of alkyl halides is 3. The maximum atomic E-state index is 12.4. The van der Waals surface area contributed by atoms with E-state index in [0.29, 0.717) is 5.56 Å². The molecule has 92 valence electrons. The molecule has 1 heterocycles. The van der Waals surface area contributed by atoms with Crippen LogP contribution in [-0.2, 0) is 0 Å². The average Bonchev–Trinajstić information content (AvgIpc) is 2.24. The van der Waals surface area contributed by atoms with Crippen LogP contribution in [0.15, 0.2) is 12.3 Å². The lowest BCUT2D eigenvalue weighted by atomic mass is 10.1. The van der Waals surface area contributed by atoms with E-state index in [2.05, 4.69) is 4.98 Å². The first-order valence-electron chi connectivity index (χ1n) is 5.06. The van der Waals surface area contributed by atoms with E-state index in [9.17, 15) is 13.2 Å². The van der Waals surface area contributed by atoms with Crippen LogP contribution in [0.25, 0.3) is 0 Å². The van der Waals surface area contributed by atoms with Gasteiger partial charge in [-0.05, 0) is 25.5 Å². The average molecular weight is 243 g/mol. The molecule has 1 aromatic heterocycles. The van der Waals surface area contributed by atoms with Gasteiger partial charge in [-0.3, -0.25) is 0 Å². The fourth-order valence-corrected chi connectivity index (χ4v) is 1.47. The Bertz CT molecular complexity index is 435. The van der Waals surface area contributed by atoms with Gasteiger partial charge in [0.15, 0.2) is 0 Å². The molecular weight excluding hydrogens is 231 g/mol. The number of halogens is 3. The lowest BCUT2D eigenvalue weighted by Crippen LogP contribution is -2.35. The molecule has 1 aromatic rings. The first-order valence-corrected chi connectivity index (χ1v) is 5.06. The highest BCUT2D eigenvalue weighted by atomic mass is 19.4. The van der Waals surface area contributed by atoms with E-state index in [1.807, 2.05) is 6.07 Å². The molecule has 0 amide bonds. The van der Waals surface area contributed by atoms with Gasteiger partial charge in [-0.25, -0.2) is 4.98 Å². The van der Waals surface area contributed by atoms with Crippen molar-refractivity contribution >= 4 is 5.82 Å². The van der Waals surface area contributed by atoms with Gasteiger partial charge in [0.2, 0.25) is 0 Å². The van der Waals surface area contributed by atoms with Crippen LogP contribution in [-0.4, -0.2) is 24.2 Å². The van der Waals surface area contributed by atoms with Crippen LogP contribution >= 0.6 is 0 Å². The third-order valence-electron chi connectivity index (χ3n) is 2.30. The highest BCUT2D eigenvalue weighted by Crippen LogP contribution is 2.24. The van der Waals surface area contributed by atoms with Crippen molar-refractivity contribution in [1.82, 2.24) is 4.98 Å². The molecule has 0 bridgehead atoms. The third kappa shape index (κ3) is 3.34. The van der Waals surface area contributed by atoms with Crippen molar-refractivity contribution in [3.8, 4) is 6.07 Å². The Morgan fingerprint density at radius 2 is 2.12 bits per heavy atom. The van der Waals surface area contributed by atoms with Crippen molar-refractivity contribution in [1.29, 1.82) is 5.26 Å². The van der Waals surface area contributed by atoms with E-state index in [-0.39, 0.29) is 17.9 Å². The number of hydrogen-bond acceptors (Lipinski definition) is 3. The largest absolute Gasteiger partial charge is 0.405 e. The van der Waals surface area contributed by atoms with Crippen LogP contribution in [0.4, 0.5) is 19.0 Å². The van der Waals surface area contributed by atoms with E-state index in [0.717, 1.165) is 4.90 Å². The maximum Gasteiger partial charge on any atom is 0.405 e. The Labute approximate surface area is 97.5 Å². The SMILES string of the molecule is CCN(CC(F)(F)F)c1nccc(C)c1C#N. The number of anilines is 1. The van der Waals surface area contributed by atoms with Crippen molar-refractivity contribution in [2.24, 2.45) is 0 Å². The molecule has 0 saturated heterocycles. The van der Waals surface area contributed by atoms with E-state index in [4.69, 9.17) is 5.26 Å². The topological polar surface area (TPSA) is 39.9 Å². The molecule has 0 unspecified atom stereocenters. The van der Waals surface area contributed by atoms with E-state index >= 15 is 0 Å². The van der Waals surface area contributed by atoms with Gasteiger partial charge in [-0.2, -0.15) is 18.4 Å². The van der Waals surface area contributed by atoms with Gasteiger partial charge < -0.3 is 4.90 Å². The minimum absolute atomic E-state index is 0.0901. The minimum atomic E-state index is -4.31. The molecule has 0 aromatic carbocycles. The number of aromatic nitrogens is 1. The highest BCUT2D eigenvalue weighted by molar-refractivity contribution is 5.57. The zero-order valence-corrected chi connectivity index (χ0v) is 9.54. The normalized spacial score (nSPS) is 11.1. The number of nitrogens with zero attached hydrogens (tertiary/aromatic N) is 3. The molecule has 0 N–H and O–H groups in total. The molecule has 17 heavy (non-hydrogen) atoms. The van der Waals surface area contributed by atoms with E-state index in [1.54, 1.807) is 19.9 Å². The van der Waals surface area contributed by atoms with Crippen molar-refractivity contribution in [3.05, 3.63) is 23.4 Å². The van der Waals surface area contributed by atoms with Crippen LogP contribution in [0.5, 0.6) is 0 Å². The number of pyridine rings is 1. The number of aryl methyl sites for hydroxylation is 1. The Balaban J connectivity index is 3.13. The zero-order valence-electron chi connectivity index (χ0n) is 9.54. The summed E-state index contributed by atoms with van der Waals surface area (Å²) in [6, 6.07) is 3.49. The van der Waals surface area contributed by atoms with E-state index < -0.39 is 12.7 Å². The Morgan fingerprint density at radius 1 is 1.47 bits per heavy atom.